The van der Waals surface area contributed by atoms with Crippen LogP contribution in [0.25, 0.3) is 6.08 Å². The molecular weight excluding hydrogens is 348 g/mol. The van der Waals surface area contributed by atoms with Gasteiger partial charge in [-0.3, -0.25) is 9.78 Å². The molecule has 0 N–H and O–H groups in total. The van der Waals surface area contributed by atoms with Crippen LogP contribution < -0.4 is 0 Å². The lowest BCUT2D eigenvalue weighted by atomic mass is 10.2. The van der Waals surface area contributed by atoms with Crippen LogP contribution in [0.5, 0.6) is 0 Å². The maximum Gasteiger partial charge on any atom is 0.247 e. The number of rotatable bonds is 5. The zero-order valence-electron chi connectivity index (χ0n) is 11.4. The molecule has 1 aliphatic carbocycles. The molecule has 0 unspecified atom stereocenters. The van der Waals surface area contributed by atoms with Crippen molar-refractivity contribution in [2.45, 2.75) is 25.4 Å². The molecule has 0 spiro atoms. The Balaban J connectivity index is 1.69. The van der Waals surface area contributed by atoms with E-state index in [0.29, 0.717) is 12.6 Å². The van der Waals surface area contributed by atoms with Crippen molar-refractivity contribution in [3.05, 3.63) is 57.0 Å². The Bertz CT molecular complexity index is 649. The largest absolute Gasteiger partial charge is 0.332 e. The van der Waals surface area contributed by atoms with Gasteiger partial charge < -0.3 is 4.90 Å². The molecule has 0 bridgehead atoms. The highest BCUT2D eigenvalue weighted by molar-refractivity contribution is 9.11. The Hall–Kier alpha value is -1.46. The molecule has 108 valence electrons. The number of halogens is 1. The molecule has 1 fully saturated rings. The van der Waals surface area contributed by atoms with Gasteiger partial charge in [0.2, 0.25) is 5.91 Å². The van der Waals surface area contributed by atoms with Crippen LogP contribution in [0.4, 0.5) is 0 Å². The lowest BCUT2D eigenvalue weighted by molar-refractivity contribution is -0.127. The lowest BCUT2D eigenvalue weighted by Crippen LogP contribution is -2.31. The first-order valence-corrected chi connectivity index (χ1v) is 8.46. The highest BCUT2D eigenvalue weighted by atomic mass is 79.9. The molecule has 21 heavy (non-hydrogen) atoms. The second-order valence-corrected chi connectivity index (χ2v) is 7.53. The first-order chi connectivity index (χ1) is 10.2. The van der Waals surface area contributed by atoms with Crippen LogP contribution in [-0.2, 0) is 11.3 Å². The molecule has 0 saturated heterocycles. The van der Waals surface area contributed by atoms with Gasteiger partial charge in [0.05, 0.1) is 3.79 Å². The number of hydrogen-bond donors (Lipinski definition) is 0. The summed E-state index contributed by atoms with van der Waals surface area (Å²) in [6, 6.07) is 8.29. The highest BCUT2D eigenvalue weighted by Crippen LogP contribution is 2.29. The Labute approximate surface area is 136 Å². The van der Waals surface area contributed by atoms with Crippen molar-refractivity contribution in [2.24, 2.45) is 0 Å². The smallest absolute Gasteiger partial charge is 0.247 e. The summed E-state index contributed by atoms with van der Waals surface area (Å²) in [7, 11) is 0. The SMILES string of the molecule is O=C(/C=C/c1ccc(Br)s1)N(Cc1cccnc1)C1CC1. The van der Waals surface area contributed by atoms with Crippen LogP contribution in [0.2, 0.25) is 0 Å². The number of hydrogen-bond acceptors (Lipinski definition) is 3. The fraction of sp³-hybridized carbons (Fsp3) is 0.250. The standard InChI is InChI=1S/C16H15BrN2OS/c17-15-7-5-14(21-15)6-8-16(20)19(13-3-4-13)11-12-2-1-9-18-10-12/h1-2,5-10,13H,3-4,11H2/b8-6+. The number of thiophene rings is 1. The van der Waals surface area contributed by atoms with Crippen molar-refractivity contribution >= 4 is 39.2 Å². The zero-order chi connectivity index (χ0) is 14.7. The Kier molecular flexibility index (Phi) is 4.51. The summed E-state index contributed by atoms with van der Waals surface area (Å²) < 4.78 is 1.07. The van der Waals surface area contributed by atoms with Gasteiger partial charge in [-0.1, -0.05) is 6.07 Å². The summed E-state index contributed by atoms with van der Waals surface area (Å²) in [5.41, 5.74) is 1.07. The van der Waals surface area contributed by atoms with Gasteiger partial charge >= 0.3 is 0 Å². The van der Waals surface area contributed by atoms with E-state index in [1.54, 1.807) is 23.6 Å². The fourth-order valence-electron chi connectivity index (χ4n) is 2.13. The minimum atomic E-state index is 0.0749. The van der Waals surface area contributed by atoms with Gasteiger partial charge in [-0.2, -0.15) is 0 Å². The maximum absolute atomic E-state index is 12.4. The second-order valence-electron chi connectivity index (χ2n) is 5.03. The summed E-state index contributed by atoms with van der Waals surface area (Å²) in [6.45, 7) is 0.635. The lowest BCUT2D eigenvalue weighted by Gasteiger charge is -2.20. The third-order valence-electron chi connectivity index (χ3n) is 3.33. The van der Waals surface area contributed by atoms with Gasteiger partial charge in [0.15, 0.2) is 0 Å². The van der Waals surface area contributed by atoms with Gasteiger partial charge in [0, 0.05) is 35.9 Å². The monoisotopic (exact) mass is 362 g/mol. The molecule has 0 radical (unpaired) electrons. The molecule has 2 aromatic heterocycles. The first-order valence-electron chi connectivity index (χ1n) is 6.85. The molecule has 1 aliphatic rings. The van der Waals surface area contributed by atoms with Crippen molar-refractivity contribution in [3.63, 3.8) is 0 Å². The van der Waals surface area contributed by atoms with Crippen molar-refractivity contribution in [2.75, 3.05) is 0 Å². The summed E-state index contributed by atoms with van der Waals surface area (Å²) in [5, 5.41) is 0. The molecule has 1 amide bonds. The van der Waals surface area contributed by atoms with Crippen LogP contribution in [0.3, 0.4) is 0 Å². The topological polar surface area (TPSA) is 33.2 Å². The van der Waals surface area contributed by atoms with Gasteiger partial charge in [0.1, 0.15) is 0 Å². The zero-order valence-corrected chi connectivity index (χ0v) is 13.8. The van der Waals surface area contributed by atoms with Crippen LogP contribution in [-0.4, -0.2) is 21.8 Å². The van der Waals surface area contributed by atoms with E-state index in [1.165, 1.54) is 0 Å². The summed E-state index contributed by atoms with van der Waals surface area (Å²) in [5.74, 6) is 0.0749. The molecule has 0 aromatic carbocycles. The quantitative estimate of drug-likeness (QED) is 0.749. The number of aromatic nitrogens is 1. The normalized spacial score (nSPS) is 14.5. The predicted octanol–water partition coefficient (Wildman–Crippen LogP) is 4.11. The van der Waals surface area contributed by atoms with Crippen molar-refractivity contribution in [1.29, 1.82) is 0 Å². The van der Waals surface area contributed by atoms with Crippen molar-refractivity contribution in [3.8, 4) is 0 Å². The Morgan fingerprint density at radius 2 is 2.29 bits per heavy atom. The number of nitrogens with zero attached hydrogens (tertiary/aromatic N) is 2. The molecule has 5 heteroatoms. The van der Waals surface area contributed by atoms with Crippen LogP contribution >= 0.6 is 27.3 Å². The summed E-state index contributed by atoms with van der Waals surface area (Å²) in [4.78, 5) is 19.6. The number of pyridine rings is 1. The second kappa shape index (κ2) is 6.54. The Morgan fingerprint density at radius 3 is 2.90 bits per heavy atom. The summed E-state index contributed by atoms with van der Waals surface area (Å²) >= 11 is 5.05. The van der Waals surface area contributed by atoms with Crippen molar-refractivity contribution in [1.82, 2.24) is 9.88 Å². The number of carbonyl (C=O) groups is 1. The van der Waals surface area contributed by atoms with E-state index >= 15 is 0 Å². The Morgan fingerprint density at radius 1 is 1.43 bits per heavy atom. The summed E-state index contributed by atoms with van der Waals surface area (Å²) in [6.07, 6.45) is 9.34. The molecule has 0 aliphatic heterocycles. The van der Waals surface area contributed by atoms with Gasteiger partial charge in [-0.05, 0) is 58.6 Å². The third-order valence-corrected chi connectivity index (χ3v) is 4.92. The molecular formula is C16H15BrN2OS. The number of amides is 1. The van der Waals surface area contributed by atoms with Crippen molar-refractivity contribution < 1.29 is 4.79 Å². The van der Waals surface area contributed by atoms with Crippen LogP contribution in [0, 0.1) is 0 Å². The van der Waals surface area contributed by atoms with E-state index in [-0.39, 0.29) is 5.91 Å². The minimum Gasteiger partial charge on any atom is -0.332 e. The number of carbonyl (C=O) groups excluding carboxylic acids is 1. The maximum atomic E-state index is 12.4. The van der Waals surface area contributed by atoms with Gasteiger partial charge in [-0.25, -0.2) is 0 Å². The molecule has 2 heterocycles. The van der Waals surface area contributed by atoms with Gasteiger partial charge in [0.25, 0.3) is 0 Å². The highest BCUT2D eigenvalue weighted by Gasteiger charge is 2.31. The van der Waals surface area contributed by atoms with E-state index in [0.717, 1.165) is 27.1 Å². The third kappa shape index (κ3) is 4.02. The molecule has 3 nitrogen and oxygen atoms in total. The predicted molar refractivity (Wildman–Crippen MR) is 88.9 cm³/mol. The average Bonchev–Trinajstić information content (AvgIpc) is 3.25. The van der Waals surface area contributed by atoms with E-state index in [4.69, 9.17) is 0 Å². The molecule has 1 saturated carbocycles. The van der Waals surface area contributed by atoms with E-state index in [2.05, 4.69) is 20.9 Å². The van der Waals surface area contributed by atoms with Gasteiger partial charge in [-0.15, -0.1) is 11.3 Å². The molecule has 0 atom stereocenters. The van der Waals surface area contributed by atoms with Crippen LogP contribution in [0.15, 0.2) is 46.5 Å². The van der Waals surface area contributed by atoms with Crippen LogP contribution in [0.1, 0.15) is 23.3 Å². The minimum absolute atomic E-state index is 0.0749. The van der Waals surface area contributed by atoms with E-state index in [9.17, 15) is 4.79 Å². The fourth-order valence-corrected chi connectivity index (χ4v) is 3.45. The van der Waals surface area contributed by atoms with E-state index < -0.39 is 0 Å². The average molecular weight is 363 g/mol. The first kappa shape index (κ1) is 14.5. The van der Waals surface area contributed by atoms with E-state index in [1.807, 2.05) is 41.4 Å². The molecule has 2 aromatic rings. The molecule has 3 rings (SSSR count).